The molecule has 218 valence electrons. The van der Waals surface area contributed by atoms with Crippen LogP contribution in [0, 0.1) is 17.8 Å². The van der Waals surface area contributed by atoms with Crippen LogP contribution in [0.15, 0.2) is 11.6 Å². The quantitative estimate of drug-likeness (QED) is 0.401. The average Bonchev–Trinajstić information content (AvgIpc) is 2.82. The Bertz CT molecular complexity index is 882. The van der Waals surface area contributed by atoms with Gasteiger partial charge in [-0.2, -0.15) is 0 Å². The van der Waals surface area contributed by atoms with E-state index in [1.54, 1.807) is 20.8 Å². The third-order valence-electron chi connectivity index (χ3n) is 8.07. The first-order valence-electron chi connectivity index (χ1n) is 13.9. The van der Waals surface area contributed by atoms with Gasteiger partial charge in [0.25, 0.3) is 0 Å². The van der Waals surface area contributed by atoms with Crippen LogP contribution < -0.4 is 5.73 Å². The number of ketones is 2. The monoisotopic (exact) mass is 538 g/mol. The van der Waals surface area contributed by atoms with Gasteiger partial charge in [-0.15, -0.1) is 0 Å². The van der Waals surface area contributed by atoms with Gasteiger partial charge in [-0.3, -0.25) is 9.59 Å². The zero-order valence-corrected chi connectivity index (χ0v) is 24.8. The number of aliphatic hydroxyl groups is 1. The maximum absolute atomic E-state index is 13.4. The number of esters is 1. The molecule has 0 amide bonds. The second-order valence-corrected chi connectivity index (χ2v) is 12.2. The molecule has 0 aromatic rings. The Labute approximate surface area is 228 Å². The fourth-order valence-electron chi connectivity index (χ4n) is 5.76. The third kappa shape index (κ3) is 8.18. The molecule has 0 saturated carbocycles. The number of Topliss-reactive ketones (excluding diaryl/α,β-unsaturated/α-hetero) is 2. The fourth-order valence-corrected chi connectivity index (χ4v) is 5.76. The van der Waals surface area contributed by atoms with E-state index in [1.165, 1.54) is 19.9 Å². The van der Waals surface area contributed by atoms with Crippen molar-refractivity contribution in [1.82, 2.24) is 4.90 Å². The van der Waals surface area contributed by atoms with Gasteiger partial charge in [-0.05, 0) is 85.0 Å². The summed E-state index contributed by atoms with van der Waals surface area (Å²) in [6, 6.07) is 0.338. The predicted octanol–water partition coefficient (Wildman–Crippen LogP) is 3.02. The summed E-state index contributed by atoms with van der Waals surface area (Å²) in [5.74, 6) is -2.54. The molecule has 3 N–H and O–H groups in total. The maximum Gasteiger partial charge on any atom is 0.334 e. The van der Waals surface area contributed by atoms with Crippen molar-refractivity contribution in [2.45, 2.75) is 116 Å². The second-order valence-electron chi connectivity index (χ2n) is 12.2. The molecule has 0 aromatic carbocycles. The fraction of sp³-hybridized carbons (Fsp3) is 0.828. The summed E-state index contributed by atoms with van der Waals surface area (Å²) in [5, 5.41) is 11.1. The number of cyclic esters (lactones) is 1. The van der Waals surface area contributed by atoms with Crippen molar-refractivity contribution in [3.8, 4) is 0 Å². The topological polar surface area (TPSA) is 128 Å². The molecule has 0 unspecified atom stereocenters. The summed E-state index contributed by atoms with van der Waals surface area (Å²) in [4.78, 5) is 41.9. The smallest absolute Gasteiger partial charge is 0.334 e. The number of carbonyl (C=O) groups excluding carboxylic acids is 3. The van der Waals surface area contributed by atoms with E-state index >= 15 is 0 Å². The molecule has 9 nitrogen and oxygen atoms in total. The first-order chi connectivity index (χ1) is 17.5. The summed E-state index contributed by atoms with van der Waals surface area (Å²) in [5.41, 5.74) is 3.16. The van der Waals surface area contributed by atoms with Crippen molar-refractivity contribution in [1.29, 1.82) is 0 Å². The van der Waals surface area contributed by atoms with Crippen molar-refractivity contribution >= 4 is 17.5 Å². The van der Waals surface area contributed by atoms with Crippen molar-refractivity contribution < 1.29 is 33.7 Å². The van der Waals surface area contributed by atoms with E-state index in [4.69, 9.17) is 19.9 Å². The second kappa shape index (κ2) is 13.1. The molecule has 1 fully saturated rings. The Hall–Kier alpha value is -1.65. The number of hydrogen-bond donors (Lipinski definition) is 2. The van der Waals surface area contributed by atoms with Crippen LogP contribution in [0.2, 0.25) is 0 Å². The van der Waals surface area contributed by atoms with Crippen molar-refractivity contribution in [2.75, 3.05) is 20.7 Å². The molecule has 0 radical (unpaired) electrons. The van der Waals surface area contributed by atoms with Crippen LogP contribution in [0.5, 0.6) is 0 Å². The van der Waals surface area contributed by atoms with Gasteiger partial charge in [0.15, 0.2) is 23.4 Å². The Morgan fingerprint density at radius 2 is 1.68 bits per heavy atom. The number of nitrogens with two attached hydrogens (primary N) is 1. The highest BCUT2D eigenvalue weighted by Gasteiger charge is 2.45. The normalized spacial score (nSPS) is 41.8. The SMILES string of the molecule is CC[C@H]1OC(=O)[C@@](C)(N)C(=O)[C@H](C)C[C@@H](CO[C@H]2C[C@@H](N(C)C)C[C@@H](C)O2)C[C@@H](C)C(=O)/C(C)=C/[C@]1(C)O. The number of hydrogen-bond acceptors (Lipinski definition) is 9. The molecule has 2 aliphatic rings. The maximum atomic E-state index is 13.4. The molecule has 0 aromatic heterocycles. The van der Waals surface area contributed by atoms with E-state index in [-0.39, 0.29) is 36.4 Å². The van der Waals surface area contributed by atoms with Gasteiger partial charge in [0.2, 0.25) is 0 Å². The Morgan fingerprint density at radius 3 is 2.26 bits per heavy atom. The van der Waals surface area contributed by atoms with E-state index in [1.807, 2.05) is 27.9 Å². The minimum atomic E-state index is -1.88. The minimum Gasteiger partial charge on any atom is -0.457 e. The molecular weight excluding hydrogens is 488 g/mol. The van der Waals surface area contributed by atoms with E-state index < -0.39 is 34.9 Å². The summed E-state index contributed by atoms with van der Waals surface area (Å²) >= 11 is 0. The molecule has 38 heavy (non-hydrogen) atoms. The van der Waals surface area contributed by atoms with Gasteiger partial charge < -0.3 is 30.0 Å². The molecule has 9 heteroatoms. The Morgan fingerprint density at radius 1 is 1.08 bits per heavy atom. The largest absolute Gasteiger partial charge is 0.457 e. The van der Waals surface area contributed by atoms with Gasteiger partial charge in [0.1, 0.15) is 11.7 Å². The molecule has 2 heterocycles. The predicted molar refractivity (Wildman–Crippen MR) is 145 cm³/mol. The lowest BCUT2D eigenvalue weighted by atomic mass is 9.79. The molecule has 0 bridgehead atoms. The number of allylic oxidation sites excluding steroid dienone is 1. The first-order valence-corrected chi connectivity index (χ1v) is 13.9. The van der Waals surface area contributed by atoms with Crippen LogP contribution in [0.25, 0.3) is 0 Å². The van der Waals surface area contributed by atoms with E-state index in [0.717, 1.165) is 12.8 Å². The highest BCUT2D eigenvalue weighted by Crippen LogP contribution is 2.30. The van der Waals surface area contributed by atoms with Crippen molar-refractivity contribution in [3.63, 3.8) is 0 Å². The Kier molecular flexibility index (Phi) is 11.3. The highest BCUT2D eigenvalue weighted by atomic mass is 16.7. The molecular formula is C29H50N2O7. The lowest BCUT2D eigenvalue weighted by molar-refractivity contribution is -0.207. The molecule has 2 rings (SSSR count). The van der Waals surface area contributed by atoms with Gasteiger partial charge in [-0.25, -0.2) is 4.79 Å². The number of ether oxygens (including phenoxy) is 3. The summed E-state index contributed by atoms with van der Waals surface area (Å²) in [6.45, 7) is 12.2. The van der Waals surface area contributed by atoms with Crippen molar-refractivity contribution in [2.24, 2.45) is 23.5 Å². The lowest BCUT2D eigenvalue weighted by Gasteiger charge is -2.37. The number of rotatable bonds is 5. The Balaban J connectivity index is 2.34. The van der Waals surface area contributed by atoms with Gasteiger partial charge in [0.05, 0.1) is 12.7 Å². The van der Waals surface area contributed by atoms with Crippen LogP contribution in [0.3, 0.4) is 0 Å². The average molecular weight is 539 g/mol. The van der Waals surface area contributed by atoms with Crippen LogP contribution >= 0.6 is 0 Å². The number of nitrogens with zero attached hydrogens (tertiary/aromatic N) is 1. The summed E-state index contributed by atoms with van der Waals surface area (Å²) in [6.07, 6.45) is 2.97. The van der Waals surface area contributed by atoms with E-state index in [9.17, 15) is 19.5 Å². The molecule has 0 aliphatic carbocycles. The first kappa shape index (κ1) is 32.6. The highest BCUT2D eigenvalue weighted by molar-refractivity contribution is 6.08. The van der Waals surface area contributed by atoms with E-state index in [0.29, 0.717) is 31.1 Å². The molecule has 0 spiro atoms. The standard InChI is InChI=1S/C29H50N2O7/c1-10-23-28(6,35)15-19(4)25(32)17(2)11-21(12-18(3)26(33)29(7,30)27(34)38-23)16-36-24-14-22(31(8)9)13-20(5)37-24/h15,17-18,20-24,35H,10-14,16,30H2,1-9H3/b19-15+/t17-,18-,20-,21+,22+,23-,24-,28+,29+/m1/s1. The molecule has 1 saturated heterocycles. The summed E-state index contributed by atoms with van der Waals surface area (Å²) < 4.78 is 17.8. The zero-order chi connectivity index (χ0) is 29.0. The van der Waals surface area contributed by atoms with Crippen LogP contribution in [-0.2, 0) is 28.6 Å². The lowest BCUT2D eigenvalue weighted by Crippen LogP contribution is -2.57. The minimum absolute atomic E-state index is 0.0580. The van der Waals surface area contributed by atoms with Gasteiger partial charge >= 0.3 is 5.97 Å². The zero-order valence-electron chi connectivity index (χ0n) is 24.8. The van der Waals surface area contributed by atoms with Gasteiger partial charge in [0, 0.05) is 24.3 Å². The van der Waals surface area contributed by atoms with Crippen molar-refractivity contribution in [3.05, 3.63) is 11.6 Å². The molecule has 2 aliphatic heterocycles. The third-order valence-corrected chi connectivity index (χ3v) is 8.07. The van der Waals surface area contributed by atoms with E-state index in [2.05, 4.69) is 4.90 Å². The summed E-state index contributed by atoms with van der Waals surface area (Å²) in [7, 11) is 4.09. The van der Waals surface area contributed by atoms with Crippen LogP contribution in [0.4, 0.5) is 0 Å². The van der Waals surface area contributed by atoms with Crippen LogP contribution in [-0.4, -0.2) is 83.9 Å². The molecule has 9 atom stereocenters. The number of carbonyl (C=O) groups is 3. The van der Waals surface area contributed by atoms with Crippen LogP contribution in [0.1, 0.15) is 80.6 Å². The van der Waals surface area contributed by atoms with Gasteiger partial charge in [-0.1, -0.05) is 20.8 Å².